The van der Waals surface area contributed by atoms with Crippen LogP contribution < -0.4 is 0 Å². The van der Waals surface area contributed by atoms with Crippen LogP contribution in [0.4, 0.5) is 0 Å². The molecule has 0 aliphatic carbocycles. The molecule has 0 unspecified atom stereocenters. The molecule has 0 aromatic heterocycles. The molecule has 0 bridgehead atoms. The minimum absolute atomic E-state index is 0.173. The van der Waals surface area contributed by atoms with Crippen molar-refractivity contribution in [2.45, 2.75) is 13.8 Å². The second-order valence-corrected chi connectivity index (χ2v) is 3.16. The first-order chi connectivity index (χ1) is 9.49. The van der Waals surface area contributed by atoms with E-state index in [2.05, 4.69) is 18.9 Å². The number of ether oxygens (including phenoxy) is 4. The van der Waals surface area contributed by atoms with Crippen LogP contribution in [0.1, 0.15) is 13.8 Å². The molecule has 0 aromatic carbocycles. The number of hydrogen-bond acceptors (Lipinski definition) is 8. The van der Waals surface area contributed by atoms with E-state index in [9.17, 15) is 19.2 Å². The number of carbonyl (C=O) groups excluding carboxylic acids is 4. The van der Waals surface area contributed by atoms with E-state index in [0.717, 1.165) is 12.2 Å². The van der Waals surface area contributed by atoms with E-state index in [1.165, 1.54) is 0 Å². The molecule has 8 heteroatoms. The van der Waals surface area contributed by atoms with Gasteiger partial charge in [0.05, 0.1) is 13.2 Å². The molecule has 0 rings (SSSR count). The van der Waals surface area contributed by atoms with Gasteiger partial charge in [-0.2, -0.15) is 0 Å². The lowest BCUT2D eigenvalue weighted by Gasteiger charge is -2.02. The lowest BCUT2D eigenvalue weighted by Crippen LogP contribution is -2.16. The summed E-state index contributed by atoms with van der Waals surface area (Å²) in [7, 11) is 0. The van der Waals surface area contributed by atoms with Gasteiger partial charge in [-0.3, -0.25) is 0 Å². The third kappa shape index (κ3) is 9.63. The van der Waals surface area contributed by atoms with Crippen LogP contribution in [0.2, 0.25) is 0 Å². The summed E-state index contributed by atoms with van der Waals surface area (Å²) in [5.41, 5.74) is 0. The standard InChI is InChI=1S/C12H16O8/c1-3-17-11(15)7-19-9(13)5-6-10(14)20-8-12(16)18-4-2/h5-6H,3-4,7-8H2,1-2H3/b6-5+. The highest BCUT2D eigenvalue weighted by atomic mass is 16.6. The highest BCUT2D eigenvalue weighted by molar-refractivity contribution is 5.93. The second-order valence-electron chi connectivity index (χ2n) is 3.16. The first-order valence-electron chi connectivity index (χ1n) is 5.82. The fourth-order valence-corrected chi connectivity index (χ4v) is 0.898. The summed E-state index contributed by atoms with van der Waals surface area (Å²) >= 11 is 0. The van der Waals surface area contributed by atoms with Crippen LogP contribution in [0.25, 0.3) is 0 Å². The SMILES string of the molecule is CCOC(=O)COC(=O)/C=C/C(=O)OCC(=O)OCC. The molecule has 0 aromatic rings. The largest absolute Gasteiger partial charge is 0.463 e. The lowest BCUT2D eigenvalue weighted by molar-refractivity contribution is -0.156. The average molecular weight is 288 g/mol. The van der Waals surface area contributed by atoms with Crippen LogP contribution in [-0.2, 0) is 38.1 Å². The average Bonchev–Trinajstić information content (AvgIpc) is 2.41. The summed E-state index contributed by atoms with van der Waals surface area (Å²) < 4.78 is 18.0. The van der Waals surface area contributed by atoms with E-state index in [1.807, 2.05) is 0 Å². The molecule has 20 heavy (non-hydrogen) atoms. The van der Waals surface area contributed by atoms with Crippen molar-refractivity contribution in [3.05, 3.63) is 12.2 Å². The zero-order valence-electron chi connectivity index (χ0n) is 11.2. The van der Waals surface area contributed by atoms with Crippen LogP contribution in [0.15, 0.2) is 12.2 Å². The van der Waals surface area contributed by atoms with Crippen molar-refractivity contribution < 1.29 is 38.1 Å². The van der Waals surface area contributed by atoms with Crippen LogP contribution in [0.3, 0.4) is 0 Å². The topological polar surface area (TPSA) is 105 Å². The van der Waals surface area contributed by atoms with Gasteiger partial charge in [0.2, 0.25) is 0 Å². The molecule has 112 valence electrons. The molecule has 8 nitrogen and oxygen atoms in total. The highest BCUT2D eigenvalue weighted by Gasteiger charge is 2.08. The molecule has 0 saturated carbocycles. The monoisotopic (exact) mass is 288 g/mol. The van der Waals surface area contributed by atoms with Crippen molar-refractivity contribution in [1.29, 1.82) is 0 Å². The van der Waals surface area contributed by atoms with Crippen LogP contribution in [-0.4, -0.2) is 50.3 Å². The van der Waals surface area contributed by atoms with E-state index in [4.69, 9.17) is 0 Å². The third-order valence-electron chi connectivity index (χ3n) is 1.63. The van der Waals surface area contributed by atoms with Crippen molar-refractivity contribution in [3.63, 3.8) is 0 Å². The molecule has 0 spiro atoms. The van der Waals surface area contributed by atoms with Gasteiger partial charge in [-0.15, -0.1) is 0 Å². The quantitative estimate of drug-likeness (QED) is 0.342. The molecule has 0 fully saturated rings. The minimum atomic E-state index is -0.911. The Morgan fingerprint density at radius 3 is 1.35 bits per heavy atom. The third-order valence-corrected chi connectivity index (χ3v) is 1.63. The lowest BCUT2D eigenvalue weighted by atomic mass is 10.5. The highest BCUT2D eigenvalue weighted by Crippen LogP contribution is 1.89. The maximum atomic E-state index is 11.1. The fourth-order valence-electron chi connectivity index (χ4n) is 0.898. The first kappa shape index (κ1) is 17.6. The molecular weight excluding hydrogens is 272 g/mol. The predicted molar refractivity (Wildman–Crippen MR) is 64.3 cm³/mol. The number of rotatable bonds is 8. The molecule has 0 saturated heterocycles. The summed E-state index contributed by atoms with van der Waals surface area (Å²) in [5, 5.41) is 0. The Labute approximate surface area is 115 Å². The second kappa shape index (κ2) is 10.5. The maximum Gasteiger partial charge on any atom is 0.344 e. The summed E-state index contributed by atoms with van der Waals surface area (Å²) in [6.07, 6.45) is 1.54. The van der Waals surface area contributed by atoms with Gasteiger partial charge >= 0.3 is 23.9 Å². The summed E-state index contributed by atoms with van der Waals surface area (Å²) in [6, 6.07) is 0. The van der Waals surface area contributed by atoms with Crippen molar-refractivity contribution in [1.82, 2.24) is 0 Å². The summed E-state index contributed by atoms with van der Waals surface area (Å²) in [4.78, 5) is 43.9. The summed E-state index contributed by atoms with van der Waals surface area (Å²) in [6.45, 7) is 2.47. The number of hydrogen-bond donors (Lipinski definition) is 0. The fraction of sp³-hybridized carbons (Fsp3) is 0.500. The minimum Gasteiger partial charge on any atom is -0.463 e. The van der Waals surface area contributed by atoms with Gasteiger partial charge < -0.3 is 18.9 Å². The van der Waals surface area contributed by atoms with Gasteiger partial charge in [-0.05, 0) is 13.8 Å². The Kier molecular flexibility index (Phi) is 9.28. The summed E-state index contributed by atoms with van der Waals surface area (Å²) in [5.74, 6) is -3.21. The van der Waals surface area contributed by atoms with Crippen LogP contribution >= 0.6 is 0 Å². The molecule has 0 aliphatic heterocycles. The van der Waals surface area contributed by atoms with Crippen LogP contribution in [0.5, 0.6) is 0 Å². The molecular formula is C12H16O8. The van der Waals surface area contributed by atoms with Gasteiger partial charge in [-0.25, -0.2) is 19.2 Å². The number of carbonyl (C=O) groups is 4. The smallest absolute Gasteiger partial charge is 0.344 e. The molecule has 0 atom stereocenters. The Hall–Kier alpha value is -2.38. The molecule has 0 heterocycles. The number of esters is 4. The van der Waals surface area contributed by atoms with Gasteiger partial charge in [0.1, 0.15) is 0 Å². The van der Waals surface area contributed by atoms with Crippen molar-refractivity contribution in [2.24, 2.45) is 0 Å². The normalized spacial score (nSPS) is 9.90. The van der Waals surface area contributed by atoms with Gasteiger partial charge in [-0.1, -0.05) is 0 Å². The Morgan fingerprint density at radius 1 is 0.700 bits per heavy atom. The van der Waals surface area contributed by atoms with E-state index in [1.54, 1.807) is 13.8 Å². The predicted octanol–water partition coefficient (Wildman–Crippen LogP) is -0.245. The molecule has 0 aliphatic rings. The van der Waals surface area contributed by atoms with Crippen LogP contribution in [0, 0.1) is 0 Å². The van der Waals surface area contributed by atoms with E-state index < -0.39 is 37.1 Å². The molecule has 0 radical (unpaired) electrons. The zero-order chi connectivity index (χ0) is 15.4. The van der Waals surface area contributed by atoms with Gasteiger partial charge in [0.15, 0.2) is 13.2 Å². The molecule has 0 N–H and O–H groups in total. The van der Waals surface area contributed by atoms with E-state index in [0.29, 0.717) is 0 Å². The maximum absolute atomic E-state index is 11.1. The zero-order valence-corrected chi connectivity index (χ0v) is 11.2. The van der Waals surface area contributed by atoms with E-state index in [-0.39, 0.29) is 13.2 Å². The van der Waals surface area contributed by atoms with Crippen molar-refractivity contribution >= 4 is 23.9 Å². The van der Waals surface area contributed by atoms with Crippen molar-refractivity contribution in [3.8, 4) is 0 Å². The Bertz CT molecular complexity index is 349. The van der Waals surface area contributed by atoms with Gasteiger partial charge in [0.25, 0.3) is 0 Å². The Morgan fingerprint density at radius 2 is 1.05 bits per heavy atom. The Balaban J connectivity index is 3.91. The molecule has 0 amide bonds. The first-order valence-corrected chi connectivity index (χ1v) is 5.82. The van der Waals surface area contributed by atoms with Crippen molar-refractivity contribution in [2.75, 3.05) is 26.4 Å². The van der Waals surface area contributed by atoms with E-state index >= 15 is 0 Å². The van der Waals surface area contributed by atoms with Gasteiger partial charge in [0, 0.05) is 12.2 Å².